The number of aromatic nitrogens is 1. The Labute approximate surface area is 152 Å². The highest BCUT2D eigenvalue weighted by atomic mass is 32.2. The molecule has 2 N–H and O–H groups in total. The Hall–Kier alpha value is -2.60. The molecule has 2 heterocycles. The van der Waals surface area contributed by atoms with Crippen LogP contribution in [-0.4, -0.2) is 25.1 Å². The van der Waals surface area contributed by atoms with Crippen molar-refractivity contribution in [1.82, 2.24) is 10.3 Å². The molecule has 1 aliphatic rings. The number of aromatic amines is 1. The smallest absolute Gasteiger partial charge is 0.253 e. The maximum absolute atomic E-state index is 12.9. The lowest BCUT2D eigenvalue weighted by Gasteiger charge is -2.26. The molecule has 3 aromatic rings. The molecule has 1 aromatic heterocycles. The second kappa shape index (κ2) is 5.99. The van der Waals surface area contributed by atoms with Crippen molar-refractivity contribution in [2.24, 2.45) is 0 Å². The number of amides is 1. The van der Waals surface area contributed by atoms with E-state index in [0.29, 0.717) is 22.4 Å². The van der Waals surface area contributed by atoms with Gasteiger partial charge in [-0.05, 0) is 43.5 Å². The van der Waals surface area contributed by atoms with Gasteiger partial charge in [-0.15, -0.1) is 0 Å². The Morgan fingerprint density at radius 2 is 1.88 bits per heavy atom. The molecule has 6 heteroatoms. The lowest BCUT2D eigenvalue weighted by molar-refractivity contribution is 0.0936. The third-order valence-electron chi connectivity index (χ3n) is 5.20. The number of sulfone groups is 1. The number of hydrogen-bond acceptors (Lipinski definition) is 3. The Bertz CT molecular complexity index is 1130. The van der Waals surface area contributed by atoms with Crippen molar-refractivity contribution in [1.29, 1.82) is 0 Å². The molecule has 2 aromatic carbocycles. The van der Waals surface area contributed by atoms with Gasteiger partial charge in [0.1, 0.15) is 0 Å². The minimum Gasteiger partial charge on any atom is -0.358 e. The summed E-state index contributed by atoms with van der Waals surface area (Å²) in [5, 5.41) is 4.06. The molecular weight excluding hydrogens is 348 g/mol. The van der Waals surface area contributed by atoms with E-state index in [9.17, 15) is 13.2 Å². The zero-order valence-electron chi connectivity index (χ0n) is 14.7. The van der Waals surface area contributed by atoms with E-state index in [4.69, 9.17) is 0 Å². The lowest BCUT2D eigenvalue weighted by Crippen LogP contribution is -2.34. The predicted octanol–water partition coefficient (Wildman–Crippen LogP) is 3.43. The van der Waals surface area contributed by atoms with Gasteiger partial charge in [0.2, 0.25) is 0 Å². The summed E-state index contributed by atoms with van der Waals surface area (Å²) in [6.07, 6.45) is 0.379. The highest BCUT2D eigenvalue weighted by molar-refractivity contribution is 7.91. The van der Waals surface area contributed by atoms with Gasteiger partial charge >= 0.3 is 0 Å². The zero-order valence-corrected chi connectivity index (χ0v) is 15.5. The van der Waals surface area contributed by atoms with Crippen LogP contribution in [0.3, 0.4) is 0 Å². The SMILES string of the molecule is Cc1[nH]c2c(C(=O)NC3CCS(=O)(=O)c4ccccc43)cccc2c1C. The number of H-pyrrole nitrogens is 1. The first-order valence-electron chi connectivity index (χ1n) is 8.59. The minimum absolute atomic E-state index is 0.0415. The van der Waals surface area contributed by atoms with Crippen molar-refractivity contribution in [3.63, 3.8) is 0 Å². The van der Waals surface area contributed by atoms with Gasteiger partial charge in [-0.25, -0.2) is 8.42 Å². The molecule has 134 valence electrons. The average Bonchev–Trinajstić information content (AvgIpc) is 2.92. The van der Waals surface area contributed by atoms with Crippen LogP contribution in [0.2, 0.25) is 0 Å². The molecule has 5 nitrogen and oxygen atoms in total. The van der Waals surface area contributed by atoms with Crippen molar-refractivity contribution < 1.29 is 13.2 Å². The van der Waals surface area contributed by atoms with Crippen molar-refractivity contribution in [2.75, 3.05) is 5.75 Å². The summed E-state index contributed by atoms with van der Waals surface area (Å²) in [5.74, 6) is -0.157. The van der Waals surface area contributed by atoms with Crippen LogP contribution in [0.1, 0.15) is 39.6 Å². The first kappa shape index (κ1) is 16.8. The maximum Gasteiger partial charge on any atom is 0.253 e. The largest absolute Gasteiger partial charge is 0.358 e. The van der Waals surface area contributed by atoms with Gasteiger partial charge in [-0.3, -0.25) is 4.79 Å². The van der Waals surface area contributed by atoms with Crippen LogP contribution in [0.4, 0.5) is 0 Å². The van der Waals surface area contributed by atoms with E-state index in [1.54, 1.807) is 30.3 Å². The van der Waals surface area contributed by atoms with Crippen LogP contribution >= 0.6 is 0 Å². The van der Waals surface area contributed by atoms with Gasteiger partial charge in [0.15, 0.2) is 9.84 Å². The van der Waals surface area contributed by atoms with Crippen LogP contribution in [0, 0.1) is 13.8 Å². The second-order valence-corrected chi connectivity index (χ2v) is 8.85. The van der Waals surface area contributed by atoms with Gasteiger partial charge in [-0.2, -0.15) is 0 Å². The Morgan fingerprint density at radius 1 is 1.12 bits per heavy atom. The average molecular weight is 368 g/mol. The normalized spacial score (nSPS) is 18.5. The maximum atomic E-state index is 12.9. The number of carbonyl (C=O) groups excluding carboxylic acids is 1. The van der Waals surface area contributed by atoms with Crippen LogP contribution < -0.4 is 5.32 Å². The number of aryl methyl sites for hydroxylation is 2. The van der Waals surface area contributed by atoms with E-state index < -0.39 is 9.84 Å². The molecule has 1 atom stereocenters. The first-order chi connectivity index (χ1) is 12.4. The van der Waals surface area contributed by atoms with E-state index in [2.05, 4.69) is 10.3 Å². The molecule has 1 amide bonds. The van der Waals surface area contributed by atoms with E-state index >= 15 is 0 Å². The van der Waals surface area contributed by atoms with Gasteiger partial charge in [0, 0.05) is 11.1 Å². The van der Waals surface area contributed by atoms with E-state index in [-0.39, 0.29) is 17.7 Å². The Morgan fingerprint density at radius 3 is 2.69 bits per heavy atom. The van der Waals surface area contributed by atoms with E-state index in [0.717, 1.165) is 22.2 Å². The fourth-order valence-electron chi connectivity index (χ4n) is 3.65. The summed E-state index contributed by atoms with van der Waals surface area (Å²) in [7, 11) is -3.27. The summed E-state index contributed by atoms with van der Waals surface area (Å²) in [5.41, 5.74) is 4.22. The third-order valence-corrected chi connectivity index (χ3v) is 7.01. The number of rotatable bonds is 2. The molecule has 0 fully saturated rings. The number of para-hydroxylation sites is 1. The van der Waals surface area contributed by atoms with Crippen molar-refractivity contribution in [2.45, 2.75) is 31.2 Å². The van der Waals surface area contributed by atoms with Crippen molar-refractivity contribution >= 4 is 26.6 Å². The van der Waals surface area contributed by atoms with Crippen LogP contribution in [0.25, 0.3) is 10.9 Å². The summed E-state index contributed by atoms with van der Waals surface area (Å²) in [6.45, 7) is 4.01. The van der Waals surface area contributed by atoms with Crippen LogP contribution in [0.5, 0.6) is 0 Å². The van der Waals surface area contributed by atoms with Gasteiger partial charge in [0.05, 0.1) is 27.8 Å². The summed E-state index contributed by atoms with van der Waals surface area (Å²) < 4.78 is 24.5. The first-order valence-corrected chi connectivity index (χ1v) is 10.2. The molecule has 0 bridgehead atoms. The molecule has 0 saturated heterocycles. The quantitative estimate of drug-likeness (QED) is 0.727. The summed E-state index contributed by atoms with van der Waals surface area (Å²) in [4.78, 5) is 16.5. The van der Waals surface area contributed by atoms with Gasteiger partial charge < -0.3 is 10.3 Å². The molecular formula is C20H20N2O3S. The number of hydrogen-bond donors (Lipinski definition) is 2. The van der Waals surface area contributed by atoms with E-state index in [1.807, 2.05) is 26.0 Å². The summed E-state index contributed by atoms with van der Waals surface area (Å²) >= 11 is 0. The number of nitrogens with one attached hydrogen (secondary N) is 2. The topological polar surface area (TPSA) is 79.0 Å². The van der Waals surface area contributed by atoms with E-state index in [1.165, 1.54) is 0 Å². The van der Waals surface area contributed by atoms with Crippen LogP contribution in [0.15, 0.2) is 47.4 Å². The summed E-state index contributed by atoms with van der Waals surface area (Å²) in [6, 6.07) is 12.3. The predicted molar refractivity (Wildman–Crippen MR) is 101 cm³/mol. The molecule has 0 saturated carbocycles. The highest BCUT2D eigenvalue weighted by Crippen LogP contribution is 2.32. The molecule has 26 heavy (non-hydrogen) atoms. The van der Waals surface area contributed by atoms with Crippen molar-refractivity contribution in [3.05, 3.63) is 64.8 Å². The number of fused-ring (bicyclic) bond motifs is 2. The number of carbonyl (C=O) groups is 1. The van der Waals surface area contributed by atoms with Crippen LogP contribution in [-0.2, 0) is 9.84 Å². The minimum atomic E-state index is -3.27. The Balaban J connectivity index is 1.71. The van der Waals surface area contributed by atoms with Crippen molar-refractivity contribution in [3.8, 4) is 0 Å². The van der Waals surface area contributed by atoms with Gasteiger partial charge in [0.25, 0.3) is 5.91 Å². The van der Waals surface area contributed by atoms with Gasteiger partial charge in [-0.1, -0.05) is 30.3 Å². The third kappa shape index (κ3) is 2.61. The fraction of sp³-hybridized carbons (Fsp3) is 0.250. The molecule has 0 spiro atoms. The second-order valence-electron chi connectivity index (χ2n) is 6.77. The Kier molecular flexibility index (Phi) is 3.88. The standard InChI is InChI=1S/C20H20N2O3S/c1-12-13(2)21-19-14(12)7-5-8-16(19)20(23)22-17-10-11-26(24,25)18-9-4-3-6-15(17)18/h3-9,17,21H,10-11H2,1-2H3,(H,22,23). The molecule has 1 aliphatic heterocycles. The molecule has 0 radical (unpaired) electrons. The fourth-order valence-corrected chi connectivity index (χ4v) is 5.27. The lowest BCUT2D eigenvalue weighted by atomic mass is 10.0. The highest BCUT2D eigenvalue weighted by Gasteiger charge is 2.31. The zero-order chi connectivity index (χ0) is 18.5. The molecule has 0 aliphatic carbocycles. The number of benzene rings is 2. The molecule has 4 rings (SSSR count). The monoisotopic (exact) mass is 368 g/mol. The molecule has 1 unspecified atom stereocenters.